The van der Waals surface area contributed by atoms with Gasteiger partial charge in [0.05, 0.1) is 47.2 Å². The summed E-state index contributed by atoms with van der Waals surface area (Å²) < 4.78 is 34.0. The van der Waals surface area contributed by atoms with E-state index in [1.54, 1.807) is 21.3 Å². The monoisotopic (exact) mass is 520 g/mol. The van der Waals surface area contributed by atoms with E-state index in [1.165, 1.54) is 0 Å². The number of hydrogen-bond acceptors (Lipinski definition) is 8. The minimum Gasteiger partial charge on any atom is -0.493 e. The molecule has 0 saturated carbocycles. The maximum absolute atomic E-state index is 5.74. The van der Waals surface area contributed by atoms with Crippen molar-refractivity contribution in [2.24, 2.45) is 4.99 Å². The smallest absolute Gasteiger partial charge is 0.161 e. The van der Waals surface area contributed by atoms with E-state index in [4.69, 9.17) is 33.4 Å². The Morgan fingerprint density at radius 1 is 0.605 bits per heavy atom. The van der Waals surface area contributed by atoms with E-state index in [-0.39, 0.29) is 12.1 Å². The van der Waals surface area contributed by atoms with Crippen molar-refractivity contribution in [3.8, 4) is 34.5 Å². The molecule has 0 aliphatic carbocycles. The van der Waals surface area contributed by atoms with Gasteiger partial charge in [0.25, 0.3) is 0 Å². The first-order valence-corrected chi connectivity index (χ1v) is 12.8. The SMILES string of the molecule is CCOc1ccc(C2=N[C@H](c3ccc(OCC)c(OC)c3)[C@H](c3ccc(OCC)c(OC)c3)N2)cc1OC. The van der Waals surface area contributed by atoms with Crippen molar-refractivity contribution in [1.82, 2.24) is 5.32 Å². The van der Waals surface area contributed by atoms with Crippen molar-refractivity contribution >= 4 is 5.84 Å². The molecule has 1 heterocycles. The highest BCUT2D eigenvalue weighted by atomic mass is 16.5. The van der Waals surface area contributed by atoms with Gasteiger partial charge in [-0.15, -0.1) is 0 Å². The lowest BCUT2D eigenvalue weighted by atomic mass is 9.94. The molecule has 4 rings (SSSR count). The molecule has 1 aliphatic rings. The van der Waals surface area contributed by atoms with Crippen LogP contribution in [0.25, 0.3) is 0 Å². The van der Waals surface area contributed by atoms with Gasteiger partial charge in [-0.25, -0.2) is 0 Å². The number of hydrogen-bond donors (Lipinski definition) is 1. The molecule has 38 heavy (non-hydrogen) atoms. The van der Waals surface area contributed by atoms with Gasteiger partial charge in [-0.1, -0.05) is 12.1 Å². The van der Waals surface area contributed by atoms with Crippen LogP contribution in [-0.4, -0.2) is 47.0 Å². The fraction of sp³-hybridized carbons (Fsp3) is 0.367. The highest BCUT2D eigenvalue weighted by Crippen LogP contribution is 2.42. The van der Waals surface area contributed by atoms with Gasteiger partial charge in [0, 0.05) is 5.56 Å². The summed E-state index contributed by atoms with van der Waals surface area (Å²) in [6.45, 7) is 7.51. The summed E-state index contributed by atoms with van der Waals surface area (Å²) in [6, 6.07) is 17.3. The summed E-state index contributed by atoms with van der Waals surface area (Å²) in [5.74, 6) is 4.83. The highest BCUT2D eigenvalue weighted by molar-refractivity contribution is 6.01. The number of nitrogens with zero attached hydrogens (tertiary/aromatic N) is 1. The van der Waals surface area contributed by atoms with Crippen molar-refractivity contribution in [2.45, 2.75) is 32.9 Å². The summed E-state index contributed by atoms with van der Waals surface area (Å²) in [5, 5.41) is 3.64. The Hall–Kier alpha value is -4.07. The third-order valence-electron chi connectivity index (χ3n) is 6.29. The Morgan fingerprint density at radius 2 is 1.08 bits per heavy atom. The third-order valence-corrected chi connectivity index (χ3v) is 6.29. The van der Waals surface area contributed by atoms with E-state index in [1.807, 2.05) is 75.4 Å². The van der Waals surface area contributed by atoms with E-state index in [0.29, 0.717) is 54.3 Å². The zero-order chi connectivity index (χ0) is 27.1. The molecule has 3 aromatic carbocycles. The van der Waals surface area contributed by atoms with Crippen LogP contribution in [0.5, 0.6) is 34.5 Å². The van der Waals surface area contributed by atoms with Crippen molar-refractivity contribution in [3.63, 3.8) is 0 Å². The fourth-order valence-electron chi connectivity index (χ4n) is 4.55. The molecular formula is C30H36N2O6. The van der Waals surface area contributed by atoms with Gasteiger partial charge in [-0.3, -0.25) is 4.99 Å². The van der Waals surface area contributed by atoms with Crippen LogP contribution in [0.1, 0.15) is 49.5 Å². The number of nitrogens with one attached hydrogen (secondary N) is 1. The van der Waals surface area contributed by atoms with Crippen LogP contribution in [0, 0.1) is 0 Å². The van der Waals surface area contributed by atoms with Crippen LogP contribution < -0.4 is 33.7 Å². The maximum Gasteiger partial charge on any atom is 0.161 e. The summed E-state index contributed by atoms with van der Waals surface area (Å²) in [4.78, 5) is 5.14. The number of aliphatic imine (C=N–C) groups is 1. The zero-order valence-electron chi connectivity index (χ0n) is 22.9. The first-order chi connectivity index (χ1) is 18.6. The summed E-state index contributed by atoms with van der Waals surface area (Å²) >= 11 is 0. The van der Waals surface area contributed by atoms with E-state index < -0.39 is 0 Å². The molecule has 8 heteroatoms. The number of rotatable bonds is 12. The second-order valence-electron chi connectivity index (χ2n) is 8.53. The third kappa shape index (κ3) is 5.59. The van der Waals surface area contributed by atoms with E-state index in [0.717, 1.165) is 22.5 Å². The van der Waals surface area contributed by atoms with Crippen LogP contribution in [0.3, 0.4) is 0 Å². The molecule has 1 N–H and O–H groups in total. The quantitative estimate of drug-likeness (QED) is 0.326. The molecule has 2 atom stereocenters. The Kier molecular flexibility index (Phi) is 8.84. The lowest BCUT2D eigenvalue weighted by molar-refractivity contribution is 0.310. The first kappa shape index (κ1) is 27.0. The normalized spacial score (nSPS) is 16.3. The minimum absolute atomic E-state index is 0.171. The van der Waals surface area contributed by atoms with Crippen molar-refractivity contribution in [1.29, 1.82) is 0 Å². The van der Waals surface area contributed by atoms with Gasteiger partial charge < -0.3 is 33.7 Å². The second-order valence-corrected chi connectivity index (χ2v) is 8.53. The van der Waals surface area contributed by atoms with Gasteiger partial charge in [-0.05, 0) is 74.4 Å². The zero-order valence-corrected chi connectivity index (χ0v) is 22.9. The van der Waals surface area contributed by atoms with Crippen LogP contribution in [-0.2, 0) is 0 Å². The molecule has 202 valence electrons. The Labute approximate surface area is 224 Å². The molecule has 0 amide bonds. The molecule has 0 unspecified atom stereocenters. The van der Waals surface area contributed by atoms with E-state index in [9.17, 15) is 0 Å². The number of ether oxygens (including phenoxy) is 6. The number of benzene rings is 3. The number of methoxy groups -OCH3 is 3. The predicted molar refractivity (Wildman–Crippen MR) is 148 cm³/mol. The molecule has 0 radical (unpaired) electrons. The van der Waals surface area contributed by atoms with Crippen LogP contribution in [0.15, 0.2) is 59.6 Å². The topological polar surface area (TPSA) is 79.8 Å². The van der Waals surface area contributed by atoms with E-state index in [2.05, 4.69) is 5.32 Å². The fourth-order valence-corrected chi connectivity index (χ4v) is 4.55. The number of amidine groups is 1. The Morgan fingerprint density at radius 3 is 1.61 bits per heavy atom. The molecular weight excluding hydrogens is 484 g/mol. The summed E-state index contributed by atoms with van der Waals surface area (Å²) in [6.07, 6.45) is 0. The van der Waals surface area contributed by atoms with Crippen molar-refractivity contribution in [2.75, 3.05) is 41.2 Å². The molecule has 0 spiro atoms. The van der Waals surface area contributed by atoms with Gasteiger partial charge in [-0.2, -0.15) is 0 Å². The molecule has 8 nitrogen and oxygen atoms in total. The van der Waals surface area contributed by atoms with E-state index >= 15 is 0 Å². The molecule has 1 aliphatic heterocycles. The van der Waals surface area contributed by atoms with Crippen LogP contribution in [0.4, 0.5) is 0 Å². The molecule has 0 saturated heterocycles. The van der Waals surface area contributed by atoms with Crippen LogP contribution in [0.2, 0.25) is 0 Å². The van der Waals surface area contributed by atoms with Gasteiger partial charge in [0.1, 0.15) is 11.9 Å². The predicted octanol–water partition coefficient (Wildman–Crippen LogP) is 5.74. The first-order valence-electron chi connectivity index (χ1n) is 12.8. The lowest BCUT2D eigenvalue weighted by Crippen LogP contribution is -2.25. The average Bonchev–Trinajstić information content (AvgIpc) is 3.39. The molecule has 0 bridgehead atoms. The second kappa shape index (κ2) is 12.4. The molecule has 3 aromatic rings. The summed E-state index contributed by atoms with van der Waals surface area (Å²) in [7, 11) is 4.92. The van der Waals surface area contributed by atoms with Crippen molar-refractivity contribution in [3.05, 3.63) is 71.3 Å². The lowest BCUT2D eigenvalue weighted by Gasteiger charge is -2.22. The van der Waals surface area contributed by atoms with Gasteiger partial charge >= 0.3 is 0 Å². The van der Waals surface area contributed by atoms with Gasteiger partial charge in [0.15, 0.2) is 34.5 Å². The highest BCUT2D eigenvalue weighted by Gasteiger charge is 2.33. The summed E-state index contributed by atoms with van der Waals surface area (Å²) in [5.41, 5.74) is 2.90. The van der Waals surface area contributed by atoms with Gasteiger partial charge in [0.2, 0.25) is 0 Å². The Balaban J connectivity index is 1.78. The Bertz CT molecular complexity index is 1280. The average molecular weight is 521 g/mol. The molecule has 0 aromatic heterocycles. The van der Waals surface area contributed by atoms with Crippen LogP contribution >= 0.6 is 0 Å². The largest absolute Gasteiger partial charge is 0.493 e. The molecule has 0 fully saturated rings. The minimum atomic E-state index is -0.241. The standard InChI is InChI=1S/C30H36N2O6/c1-7-36-22-13-10-19(16-25(22)33-4)28-29(20-11-14-23(37-8-2)26(17-20)34-5)32-30(31-28)21-12-15-24(38-9-3)27(18-21)35-6/h10-18,28-29H,7-9H2,1-6H3,(H,31,32)/t28-,29+. The maximum atomic E-state index is 5.74. The van der Waals surface area contributed by atoms with Crippen molar-refractivity contribution < 1.29 is 28.4 Å².